The number of carbonyl (C=O) groups is 3. The first-order chi connectivity index (χ1) is 19.5. The molecule has 2 atom stereocenters. The second kappa shape index (κ2) is 13.3. The highest BCUT2D eigenvalue weighted by molar-refractivity contribution is 7.52. The van der Waals surface area contributed by atoms with Gasteiger partial charge in [-0.2, -0.15) is 0 Å². The number of hydrogen-bond acceptors (Lipinski definition) is 6. The quantitative estimate of drug-likeness (QED) is 0.289. The van der Waals surface area contributed by atoms with Crippen molar-refractivity contribution in [2.75, 3.05) is 24.3 Å². The zero-order valence-electron chi connectivity index (χ0n) is 24.2. The van der Waals surface area contributed by atoms with Crippen molar-refractivity contribution in [3.05, 3.63) is 65.7 Å². The number of amides is 2. The zero-order chi connectivity index (χ0) is 29.6. The van der Waals surface area contributed by atoms with E-state index in [4.69, 9.17) is 9.26 Å². The van der Waals surface area contributed by atoms with Crippen LogP contribution < -0.4 is 4.90 Å². The Labute approximate surface area is 242 Å². The number of rotatable bonds is 11. The summed E-state index contributed by atoms with van der Waals surface area (Å²) in [5.74, 6) is -1.69. The van der Waals surface area contributed by atoms with Crippen molar-refractivity contribution < 1.29 is 33.1 Å². The second-order valence-electron chi connectivity index (χ2n) is 11.5. The number of esters is 1. The Morgan fingerprint density at radius 2 is 1.71 bits per heavy atom. The molecule has 2 aliphatic rings. The normalized spacial score (nSPS) is 19.3. The number of aryl methyl sites for hydroxylation is 1. The standard InChI is InChI=1S/C31H41N2O7P/c1-4-39-28(34)21-32-26-17-11-10-14-24(26)18-19-27(30(32)36)33(29(35)25-15-8-9-16-25)22-41(37,38)40-31(2,3)20-23-12-6-5-7-13-23/h5-7,10-14,17,25,27H,4,8-9,15-16,18-22H2,1-3H3,(H,37,38)/t27-/m0/s1. The second-order valence-corrected chi connectivity index (χ2v) is 13.2. The average molecular weight is 585 g/mol. The van der Waals surface area contributed by atoms with Crippen molar-refractivity contribution in [3.63, 3.8) is 0 Å². The molecule has 41 heavy (non-hydrogen) atoms. The van der Waals surface area contributed by atoms with Gasteiger partial charge in [-0.05, 0) is 63.6 Å². The van der Waals surface area contributed by atoms with Crippen LogP contribution in [-0.2, 0) is 41.1 Å². The summed E-state index contributed by atoms with van der Waals surface area (Å²) in [4.78, 5) is 54.4. The summed E-state index contributed by atoms with van der Waals surface area (Å²) in [5.41, 5.74) is 1.37. The first-order valence-corrected chi connectivity index (χ1v) is 16.2. The lowest BCUT2D eigenvalue weighted by atomic mass is 9.99. The Kier molecular flexibility index (Phi) is 10.1. The lowest BCUT2D eigenvalue weighted by molar-refractivity contribution is -0.144. The zero-order valence-corrected chi connectivity index (χ0v) is 25.1. The molecular formula is C31H41N2O7P. The fourth-order valence-corrected chi connectivity index (χ4v) is 7.56. The third kappa shape index (κ3) is 8.06. The number of ether oxygens (including phenoxy) is 1. The summed E-state index contributed by atoms with van der Waals surface area (Å²) in [6, 6.07) is 15.8. The lowest BCUT2D eigenvalue weighted by Gasteiger charge is -2.36. The molecule has 0 radical (unpaired) electrons. The van der Waals surface area contributed by atoms with E-state index >= 15 is 0 Å². The van der Waals surface area contributed by atoms with Crippen LogP contribution in [0, 0.1) is 5.92 Å². The van der Waals surface area contributed by atoms with E-state index in [9.17, 15) is 23.8 Å². The third-order valence-corrected chi connectivity index (χ3v) is 9.11. The number of fused-ring (bicyclic) bond motifs is 1. The van der Waals surface area contributed by atoms with Crippen LogP contribution in [0.2, 0.25) is 0 Å². The van der Waals surface area contributed by atoms with E-state index in [1.54, 1.807) is 32.9 Å². The molecule has 222 valence electrons. The van der Waals surface area contributed by atoms with Crippen LogP contribution in [0.15, 0.2) is 54.6 Å². The predicted molar refractivity (Wildman–Crippen MR) is 156 cm³/mol. The summed E-state index contributed by atoms with van der Waals surface area (Å²) in [6.07, 6.45) is 3.59. The van der Waals surface area contributed by atoms with Crippen LogP contribution in [0.4, 0.5) is 5.69 Å². The molecule has 2 amide bonds. The highest BCUT2D eigenvalue weighted by Gasteiger charge is 2.43. The van der Waals surface area contributed by atoms with Gasteiger partial charge in [0.2, 0.25) is 11.8 Å². The summed E-state index contributed by atoms with van der Waals surface area (Å²) in [6.45, 7) is 5.02. The molecule has 10 heteroatoms. The Bertz CT molecular complexity index is 1280. The summed E-state index contributed by atoms with van der Waals surface area (Å²) in [5, 5.41) is 0. The maximum Gasteiger partial charge on any atom is 0.347 e. The third-order valence-electron chi connectivity index (χ3n) is 7.67. The summed E-state index contributed by atoms with van der Waals surface area (Å²) >= 11 is 0. The van der Waals surface area contributed by atoms with Crippen LogP contribution in [-0.4, -0.2) is 58.7 Å². The number of nitrogens with zero attached hydrogens (tertiary/aromatic N) is 2. The molecule has 4 rings (SSSR count). The van der Waals surface area contributed by atoms with Crippen molar-refractivity contribution in [2.24, 2.45) is 5.92 Å². The molecule has 1 fully saturated rings. The Morgan fingerprint density at radius 3 is 2.39 bits per heavy atom. The smallest absolute Gasteiger partial charge is 0.347 e. The molecule has 0 saturated heterocycles. The van der Waals surface area contributed by atoms with Gasteiger partial charge in [-0.3, -0.25) is 23.8 Å². The maximum absolute atomic E-state index is 14.1. The fraction of sp³-hybridized carbons (Fsp3) is 0.516. The molecule has 0 aromatic heterocycles. The predicted octanol–water partition coefficient (Wildman–Crippen LogP) is 5.10. The van der Waals surface area contributed by atoms with Gasteiger partial charge in [0.05, 0.1) is 12.2 Å². The summed E-state index contributed by atoms with van der Waals surface area (Å²) < 4.78 is 24.7. The SMILES string of the molecule is CCOC(=O)CN1C(=O)[C@@H](N(CP(=O)(O)OC(C)(C)Cc2ccccc2)C(=O)C2CCCC2)CCc2ccccc21. The summed E-state index contributed by atoms with van der Waals surface area (Å²) in [7, 11) is -4.40. The minimum absolute atomic E-state index is 0.169. The molecular weight excluding hydrogens is 543 g/mol. The molecule has 9 nitrogen and oxygen atoms in total. The molecule has 1 N–H and O–H groups in total. The highest BCUT2D eigenvalue weighted by atomic mass is 31.2. The Hall–Kier alpha value is -3.00. The van der Waals surface area contributed by atoms with Gasteiger partial charge in [0, 0.05) is 18.0 Å². The minimum Gasteiger partial charge on any atom is -0.465 e. The van der Waals surface area contributed by atoms with Crippen molar-refractivity contribution in [2.45, 2.75) is 77.4 Å². The van der Waals surface area contributed by atoms with E-state index in [2.05, 4.69) is 0 Å². The largest absolute Gasteiger partial charge is 0.465 e. The van der Waals surface area contributed by atoms with E-state index in [1.165, 1.54) is 9.80 Å². The van der Waals surface area contributed by atoms with E-state index in [0.29, 0.717) is 31.4 Å². The Morgan fingerprint density at radius 1 is 1.05 bits per heavy atom. The number of para-hydroxylation sites is 1. The molecule has 0 spiro atoms. The van der Waals surface area contributed by atoms with Gasteiger partial charge in [-0.15, -0.1) is 0 Å². The average Bonchev–Trinajstić information content (AvgIpc) is 3.42. The van der Waals surface area contributed by atoms with Gasteiger partial charge < -0.3 is 19.1 Å². The molecule has 1 unspecified atom stereocenters. The van der Waals surface area contributed by atoms with Crippen molar-refractivity contribution >= 4 is 31.1 Å². The van der Waals surface area contributed by atoms with E-state index in [-0.39, 0.29) is 31.4 Å². The number of carbonyl (C=O) groups excluding carboxylic acids is 3. The Balaban J connectivity index is 1.64. The molecule has 0 bridgehead atoms. The van der Waals surface area contributed by atoms with Crippen molar-refractivity contribution in [3.8, 4) is 0 Å². The fourth-order valence-electron chi connectivity index (χ4n) is 5.94. The molecule has 2 aromatic carbocycles. The maximum atomic E-state index is 14.1. The minimum atomic E-state index is -4.40. The van der Waals surface area contributed by atoms with Gasteiger partial charge >= 0.3 is 13.6 Å². The van der Waals surface area contributed by atoms with Gasteiger partial charge in [0.15, 0.2) is 0 Å². The van der Waals surface area contributed by atoms with Gasteiger partial charge in [-0.1, -0.05) is 61.4 Å². The number of benzene rings is 2. The highest BCUT2D eigenvalue weighted by Crippen LogP contribution is 2.49. The molecule has 2 aromatic rings. The molecule has 1 saturated carbocycles. The molecule has 1 aliphatic carbocycles. The topological polar surface area (TPSA) is 113 Å². The molecule has 1 heterocycles. The number of hydrogen-bond donors (Lipinski definition) is 1. The van der Waals surface area contributed by atoms with Crippen molar-refractivity contribution in [1.29, 1.82) is 0 Å². The van der Waals surface area contributed by atoms with Crippen LogP contribution >= 0.6 is 7.60 Å². The number of anilines is 1. The van der Waals surface area contributed by atoms with Gasteiger partial charge in [0.25, 0.3) is 0 Å². The van der Waals surface area contributed by atoms with Crippen LogP contribution in [0.25, 0.3) is 0 Å². The first kappa shape index (κ1) is 30.9. The van der Waals surface area contributed by atoms with Gasteiger partial charge in [-0.25, -0.2) is 0 Å². The van der Waals surface area contributed by atoms with Crippen molar-refractivity contribution in [1.82, 2.24) is 4.90 Å². The lowest BCUT2D eigenvalue weighted by Crippen LogP contribution is -2.53. The molecule has 1 aliphatic heterocycles. The first-order valence-electron chi connectivity index (χ1n) is 14.4. The van der Waals surface area contributed by atoms with Crippen LogP contribution in [0.1, 0.15) is 64.0 Å². The van der Waals surface area contributed by atoms with Gasteiger partial charge in [0.1, 0.15) is 18.9 Å². The van der Waals surface area contributed by atoms with Crippen LogP contribution in [0.5, 0.6) is 0 Å². The monoisotopic (exact) mass is 584 g/mol. The van der Waals surface area contributed by atoms with E-state index in [0.717, 1.165) is 24.0 Å². The van der Waals surface area contributed by atoms with E-state index < -0.39 is 37.4 Å². The van der Waals surface area contributed by atoms with Crippen LogP contribution in [0.3, 0.4) is 0 Å². The van der Waals surface area contributed by atoms with E-state index in [1.807, 2.05) is 42.5 Å².